The Kier molecular flexibility index (Phi) is 4.89. The van der Waals surface area contributed by atoms with Crippen molar-refractivity contribution in [3.05, 3.63) is 34.1 Å². The molecule has 0 saturated carbocycles. The second kappa shape index (κ2) is 6.65. The average Bonchev–Trinajstić information content (AvgIpc) is 2.45. The molecule has 1 aromatic rings. The van der Waals surface area contributed by atoms with Crippen LogP contribution in [0.2, 0.25) is 0 Å². The summed E-state index contributed by atoms with van der Waals surface area (Å²) in [5, 5.41) is 14.1. The van der Waals surface area contributed by atoms with Gasteiger partial charge in [-0.1, -0.05) is 6.92 Å². The lowest BCUT2D eigenvalue weighted by Gasteiger charge is -2.33. The predicted molar refractivity (Wildman–Crippen MR) is 76.5 cm³/mol. The first-order valence-corrected chi connectivity index (χ1v) is 7.00. The molecule has 1 saturated heterocycles. The molecule has 1 aliphatic rings. The number of non-ortho nitro benzene ring substituents is 1. The molecule has 0 aromatic heterocycles. The quantitative estimate of drug-likeness (QED) is 0.665. The Balaban J connectivity index is 2.01. The molecule has 1 aromatic carbocycles. The minimum Gasteiger partial charge on any atom is -0.371 e. The van der Waals surface area contributed by atoms with E-state index in [1.807, 2.05) is 4.90 Å². The van der Waals surface area contributed by atoms with Crippen LogP contribution in [0.15, 0.2) is 18.2 Å². The van der Waals surface area contributed by atoms with Gasteiger partial charge in [-0.2, -0.15) is 0 Å². The number of halogens is 1. The molecule has 0 unspecified atom stereocenters. The van der Waals surface area contributed by atoms with E-state index in [0.717, 1.165) is 45.1 Å². The molecule has 0 aliphatic carbocycles. The standard InChI is InChI=1S/C14H20FN3O2/c1-2-16-10-11-3-5-17(6-4-11)13-7-12(15)8-14(9-13)18(19)20/h7-9,11,16H,2-6,10H2,1H3. The molecule has 1 heterocycles. The maximum absolute atomic E-state index is 13.4. The number of nitrogens with one attached hydrogen (secondary N) is 1. The zero-order valence-electron chi connectivity index (χ0n) is 11.6. The number of hydrogen-bond donors (Lipinski definition) is 1. The van der Waals surface area contributed by atoms with Gasteiger partial charge in [-0.05, 0) is 37.9 Å². The van der Waals surface area contributed by atoms with Gasteiger partial charge in [0.05, 0.1) is 11.0 Å². The normalized spacial score (nSPS) is 16.4. The van der Waals surface area contributed by atoms with E-state index in [1.165, 1.54) is 12.1 Å². The van der Waals surface area contributed by atoms with Gasteiger partial charge >= 0.3 is 0 Å². The second-order valence-corrected chi connectivity index (χ2v) is 5.16. The van der Waals surface area contributed by atoms with Crippen LogP contribution in [-0.2, 0) is 0 Å². The van der Waals surface area contributed by atoms with E-state index < -0.39 is 10.7 Å². The fraction of sp³-hybridized carbons (Fsp3) is 0.571. The number of nitrogens with zero attached hydrogens (tertiary/aromatic N) is 2. The Hall–Kier alpha value is -1.69. The van der Waals surface area contributed by atoms with E-state index in [-0.39, 0.29) is 5.69 Å². The summed E-state index contributed by atoms with van der Waals surface area (Å²) in [6.07, 6.45) is 2.05. The number of nitro groups is 1. The molecule has 0 radical (unpaired) electrons. The Labute approximate surface area is 117 Å². The highest BCUT2D eigenvalue weighted by atomic mass is 19.1. The van der Waals surface area contributed by atoms with Gasteiger partial charge in [-0.25, -0.2) is 4.39 Å². The summed E-state index contributed by atoms with van der Waals surface area (Å²) in [4.78, 5) is 12.2. The molecule has 0 spiro atoms. The van der Waals surface area contributed by atoms with Gasteiger partial charge in [0.2, 0.25) is 0 Å². The van der Waals surface area contributed by atoms with Gasteiger partial charge in [0.1, 0.15) is 5.82 Å². The van der Waals surface area contributed by atoms with Crippen molar-refractivity contribution in [3.8, 4) is 0 Å². The third kappa shape index (κ3) is 3.66. The molecule has 0 amide bonds. The van der Waals surface area contributed by atoms with Crippen LogP contribution in [0.4, 0.5) is 15.8 Å². The number of benzene rings is 1. The largest absolute Gasteiger partial charge is 0.371 e. The van der Waals surface area contributed by atoms with Crippen LogP contribution in [0.3, 0.4) is 0 Å². The fourth-order valence-electron chi connectivity index (χ4n) is 2.59. The molecule has 2 rings (SSSR count). The molecule has 6 heteroatoms. The number of rotatable bonds is 5. The molecule has 0 atom stereocenters. The van der Waals surface area contributed by atoms with Crippen molar-refractivity contribution in [1.82, 2.24) is 5.32 Å². The molecule has 1 fully saturated rings. The van der Waals surface area contributed by atoms with Crippen molar-refractivity contribution in [2.45, 2.75) is 19.8 Å². The number of hydrogen-bond acceptors (Lipinski definition) is 4. The van der Waals surface area contributed by atoms with E-state index in [2.05, 4.69) is 12.2 Å². The molecule has 20 heavy (non-hydrogen) atoms. The minimum absolute atomic E-state index is 0.185. The van der Waals surface area contributed by atoms with Gasteiger partial charge in [-0.15, -0.1) is 0 Å². The summed E-state index contributed by atoms with van der Waals surface area (Å²) in [5.74, 6) is 0.0821. The molecule has 1 aliphatic heterocycles. The van der Waals surface area contributed by atoms with Crippen molar-refractivity contribution in [1.29, 1.82) is 0 Å². The second-order valence-electron chi connectivity index (χ2n) is 5.16. The molecule has 1 N–H and O–H groups in total. The SMILES string of the molecule is CCNCC1CCN(c2cc(F)cc([N+](=O)[O-])c2)CC1. The highest BCUT2D eigenvalue weighted by Gasteiger charge is 2.21. The van der Waals surface area contributed by atoms with Gasteiger partial charge in [0.15, 0.2) is 0 Å². The zero-order chi connectivity index (χ0) is 14.5. The fourth-order valence-corrected chi connectivity index (χ4v) is 2.59. The summed E-state index contributed by atoms with van der Waals surface area (Å²) in [5.41, 5.74) is 0.424. The predicted octanol–water partition coefficient (Wildman–Crippen LogP) is 2.56. The van der Waals surface area contributed by atoms with Gasteiger partial charge in [0.25, 0.3) is 5.69 Å². The third-order valence-electron chi connectivity index (χ3n) is 3.74. The maximum Gasteiger partial charge on any atom is 0.274 e. The van der Waals surface area contributed by atoms with E-state index in [0.29, 0.717) is 11.6 Å². The third-order valence-corrected chi connectivity index (χ3v) is 3.74. The Morgan fingerprint density at radius 3 is 2.70 bits per heavy atom. The summed E-state index contributed by atoms with van der Waals surface area (Å²) in [7, 11) is 0. The van der Waals surface area contributed by atoms with E-state index in [9.17, 15) is 14.5 Å². The van der Waals surface area contributed by atoms with Crippen molar-refractivity contribution in [3.63, 3.8) is 0 Å². The van der Waals surface area contributed by atoms with Gasteiger partial charge in [-0.3, -0.25) is 10.1 Å². The first kappa shape index (κ1) is 14.7. The minimum atomic E-state index is -0.552. The first-order valence-electron chi connectivity index (χ1n) is 7.00. The summed E-state index contributed by atoms with van der Waals surface area (Å²) >= 11 is 0. The lowest BCUT2D eigenvalue weighted by molar-refractivity contribution is -0.385. The van der Waals surface area contributed by atoms with Crippen LogP contribution in [0.5, 0.6) is 0 Å². The van der Waals surface area contributed by atoms with Gasteiger partial charge < -0.3 is 10.2 Å². The van der Waals surface area contributed by atoms with Gasteiger partial charge in [0, 0.05) is 24.8 Å². The van der Waals surface area contributed by atoms with Crippen LogP contribution < -0.4 is 10.2 Å². The molecule has 0 bridgehead atoms. The molecular formula is C14H20FN3O2. The lowest BCUT2D eigenvalue weighted by atomic mass is 9.96. The smallest absolute Gasteiger partial charge is 0.274 e. The maximum atomic E-state index is 13.4. The average molecular weight is 281 g/mol. The Morgan fingerprint density at radius 1 is 1.40 bits per heavy atom. The topological polar surface area (TPSA) is 58.4 Å². The molecular weight excluding hydrogens is 261 g/mol. The van der Waals surface area contributed by atoms with E-state index in [1.54, 1.807) is 0 Å². The van der Waals surface area contributed by atoms with Crippen molar-refractivity contribution >= 4 is 11.4 Å². The number of anilines is 1. The van der Waals surface area contributed by atoms with Crippen LogP contribution in [0.25, 0.3) is 0 Å². The van der Waals surface area contributed by atoms with Crippen LogP contribution in [0, 0.1) is 21.8 Å². The van der Waals surface area contributed by atoms with Crippen LogP contribution >= 0.6 is 0 Å². The molecule has 5 nitrogen and oxygen atoms in total. The van der Waals surface area contributed by atoms with Crippen molar-refractivity contribution in [2.75, 3.05) is 31.1 Å². The Bertz CT molecular complexity index is 473. The van der Waals surface area contributed by atoms with Crippen LogP contribution in [-0.4, -0.2) is 31.1 Å². The monoisotopic (exact) mass is 281 g/mol. The zero-order valence-corrected chi connectivity index (χ0v) is 11.6. The van der Waals surface area contributed by atoms with E-state index in [4.69, 9.17) is 0 Å². The first-order chi connectivity index (χ1) is 9.60. The Morgan fingerprint density at radius 2 is 2.10 bits per heavy atom. The van der Waals surface area contributed by atoms with Crippen molar-refractivity contribution < 1.29 is 9.31 Å². The number of piperidine rings is 1. The summed E-state index contributed by atoms with van der Waals surface area (Å²) in [6.45, 7) is 5.69. The molecule has 110 valence electrons. The lowest BCUT2D eigenvalue weighted by Crippen LogP contribution is -2.37. The summed E-state index contributed by atoms with van der Waals surface area (Å²) < 4.78 is 13.4. The number of nitro benzene ring substituents is 1. The van der Waals surface area contributed by atoms with Crippen molar-refractivity contribution in [2.24, 2.45) is 5.92 Å². The van der Waals surface area contributed by atoms with Crippen LogP contribution in [0.1, 0.15) is 19.8 Å². The highest BCUT2D eigenvalue weighted by molar-refractivity contribution is 5.53. The summed E-state index contributed by atoms with van der Waals surface area (Å²) in [6, 6.07) is 3.78. The van der Waals surface area contributed by atoms with E-state index >= 15 is 0 Å². The highest BCUT2D eigenvalue weighted by Crippen LogP contribution is 2.27.